The molecule has 0 spiro atoms. The number of aryl methyl sites for hydroxylation is 1. The van der Waals surface area contributed by atoms with E-state index in [2.05, 4.69) is 49.6 Å². The van der Waals surface area contributed by atoms with Gasteiger partial charge in [0.1, 0.15) is 24.0 Å². The fraction of sp³-hybridized carbons (Fsp3) is 0.425. The minimum absolute atomic E-state index is 0.169. The molecule has 13 nitrogen and oxygen atoms in total. The lowest BCUT2D eigenvalue weighted by molar-refractivity contribution is -0.125. The molecule has 0 radical (unpaired) electrons. The van der Waals surface area contributed by atoms with Crippen molar-refractivity contribution in [3.63, 3.8) is 0 Å². The van der Waals surface area contributed by atoms with Gasteiger partial charge in [0.05, 0.1) is 26.0 Å². The molecule has 2 aromatic carbocycles. The fourth-order valence-electron chi connectivity index (χ4n) is 5.71. The Balaban J connectivity index is 1.26. The third-order valence-corrected chi connectivity index (χ3v) is 13.9. The van der Waals surface area contributed by atoms with Crippen molar-refractivity contribution in [3.05, 3.63) is 77.7 Å². The number of hydrogen-bond acceptors (Lipinski definition) is 11. The summed E-state index contributed by atoms with van der Waals surface area (Å²) in [7, 11) is -3.61. The van der Waals surface area contributed by atoms with Crippen molar-refractivity contribution < 1.29 is 41.6 Å². The van der Waals surface area contributed by atoms with Gasteiger partial charge in [-0.25, -0.2) is 9.55 Å². The van der Waals surface area contributed by atoms with E-state index in [0.29, 0.717) is 58.8 Å². The number of anilines is 2. The highest BCUT2D eigenvalue weighted by molar-refractivity contribution is 7.48. The number of rotatable bonds is 18. The summed E-state index contributed by atoms with van der Waals surface area (Å²) in [6.45, 7) is 15.9. The number of ether oxygens (including phenoxy) is 2. The number of furan rings is 1. The van der Waals surface area contributed by atoms with Crippen LogP contribution >= 0.6 is 7.82 Å². The maximum Gasteiger partial charge on any atom is 0.476 e. The van der Waals surface area contributed by atoms with E-state index < -0.39 is 24.0 Å². The van der Waals surface area contributed by atoms with Crippen molar-refractivity contribution >= 4 is 64.3 Å². The number of methoxy groups -OCH3 is 1. The largest absolute Gasteiger partial charge is 0.497 e. The quantitative estimate of drug-likeness (QED) is 0.0583. The summed E-state index contributed by atoms with van der Waals surface area (Å²) >= 11 is 0. The molecule has 1 aliphatic rings. The highest BCUT2D eigenvalue weighted by Crippen LogP contribution is 2.50. The van der Waals surface area contributed by atoms with Crippen LogP contribution in [0.15, 0.2) is 65.2 Å². The number of amides is 2. The topological polar surface area (TPSA) is 142 Å². The zero-order chi connectivity index (χ0) is 40.7. The van der Waals surface area contributed by atoms with Gasteiger partial charge in [-0.2, -0.15) is 0 Å². The van der Waals surface area contributed by atoms with E-state index in [1.54, 1.807) is 37.4 Å². The molecule has 0 aliphatic carbocycles. The number of hydrogen-bond donors (Lipinski definition) is 1. The minimum Gasteiger partial charge on any atom is -0.497 e. The molecule has 0 atom stereocenters. The number of likely N-dealkylation sites (N-methyl/N-ethyl adjacent to an activating group) is 1. The van der Waals surface area contributed by atoms with Gasteiger partial charge in [0.15, 0.2) is 17.2 Å². The number of fused-ring (bicyclic) bond motifs is 2. The molecule has 5 rings (SSSR count). The predicted octanol–water partition coefficient (Wildman–Crippen LogP) is 9.55. The summed E-state index contributed by atoms with van der Waals surface area (Å²) in [5.41, 5.74) is 2.68. The molecule has 302 valence electrons. The molecule has 2 amide bonds. The molecule has 3 heterocycles. The van der Waals surface area contributed by atoms with Crippen molar-refractivity contribution in [2.45, 2.75) is 71.3 Å². The lowest BCUT2D eigenvalue weighted by Gasteiger charge is -2.26. The Labute approximate surface area is 331 Å². The van der Waals surface area contributed by atoms with Crippen LogP contribution in [0.25, 0.3) is 17.0 Å². The van der Waals surface area contributed by atoms with Gasteiger partial charge in [0.25, 0.3) is 0 Å². The number of carbonyl (C=O) groups is 2. The van der Waals surface area contributed by atoms with E-state index in [-0.39, 0.29) is 38.2 Å². The molecule has 0 fully saturated rings. The summed E-state index contributed by atoms with van der Waals surface area (Å²) in [6.07, 6.45) is 4.89. The summed E-state index contributed by atoms with van der Waals surface area (Å²) in [4.78, 5) is 34.1. The summed E-state index contributed by atoms with van der Waals surface area (Å²) in [6, 6.07) is 16.4. The fourth-order valence-corrected chi connectivity index (χ4v) is 8.59. The van der Waals surface area contributed by atoms with Gasteiger partial charge in [-0.05, 0) is 54.9 Å². The van der Waals surface area contributed by atoms with Gasteiger partial charge in [0.2, 0.25) is 11.8 Å². The molecule has 1 N–H and O–H groups in total. The molecule has 0 saturated heterocycles. The molecular weight excluding hydrogens is 768 g/mol. The third kappa shape index (κ3) is 11.9. The first-order chi connectivity index (χ1) is 26.4. The van der Waals surface area contributed by atoms with Crippen LogP contribution in [-0.4, -0.2) is 78.5 Å². The normalized spacial score (nSPS) is 13.8. The number of nitrogens with zero attached hydrogens (tertiary/aromatic N) is 3. The Bertz CT molecular complexity index is 2070. The highest BCUT2D eigenvalue weighted by atomic mass is 31.2. The lowest BCUT2D eigenvalue weighted by Crippen LogP contribution is -2.33. The summed E-state index contributed by atoms with van der Waals surface area (Å²) in [5, 5.41) is 4.10. The van der Waals surface area contributed by atoms with Gasteiger partial charge in [0, 0.05) is 72.0 Å². The summed E-state index contributed by atoms with van der Waals surface area (Å²) < 4.78 is 48.8. The molecule has 1 aliphatic heterocycles. The number of aromatic nitrogens is 1. The van der Waals surface area contributed by atoms with E-state index in [4.69, 9.17) is 27.5 Å². The number of phosphoric ester groups is 1. The zero-order valence-corrected chi connectivity index (χ0v) is 36.9. The number of pyridine rings is 1. The van der Waals surface area contributed by atoms with E-state index >= 15 is 0 Å². The maximum absolute atomic E-state index is 13.8. The van der Waals surface area contributed by atoms with Crippen LogP contribution in [0.2, 0.25) is 51.4 Å². The van der Waals surface area contributed by atoms with Crippen molar-refractivity contribution in [3.8, 4) is 17.2 Å². The van der Waals surface area contributed by atoms with Crippen LogP contribution in [0, 0.1) is 6.92 Å². The van der Waals surface area contributed by atoms with Crippen molar-refractivity contribution in [2.75, 3.05) is 50.9 Å². The smallest absolute Gasteiger partial charge is 0.476 e. The van der Waals surface area contributed by atoms with Gasteiger partial charge in [-0.1, -0.05) is 57.5 Å². The predicted molar refractivity (Wildman–Crippen MR) is 226 cm³/mol. The first-order valence-electron chi connectivity index (χ1n) is 18.8. The Morgan fingerprint density at radius 3 is 2.36 bits per heavy atom. The zero-order valence-electron chi connectivity index (χ0n) is 34.0. The Morgan fingerprint density at radius 2 is 1.68 bits per heavy atom. The van der Waals surface area contributed by atoms with Crippen molar-refractivity contribution in [1.82, 2.24) is 9.88 Å². The Morgan fingerprint density at radius 1 is 1.00 bits per heavy atom. The van der Waals surface area contributed by atoms with E-state index in [9.17, 15) is 14.2 Å². The molecule has 0 bridgehead atoms. The molecule has 0 saturated carbocycles. The van der Waals surface area contributed by atoms with Gasteiger partial charge >= 0.3 is 7.82 Å². The van der Waals surface area contributed by atoms with E-state index in [1.807, 2.05) is 49.4 Å². The molecular formula is C40H55N4O9PSi2. The minimum atomic E-state index is -3.98. The number of phosphoric acid groups is 1. The average Bonchev–Trinajstić information content (AvgIpc) is 3.35. The molecule has 2 aromatic heterocycles. The number of carbonyl (C=O) groups excluding carboxylic acids is 2. The molecule has 0 unspecified atom stereocenters. The van der Waals surface area contributed by atoms with E-state index in [0.717, 1.165) is 23.0 Å². The van der Waals surface area contributed by atoms with Crippen LogP contribution in [0.4, 0.5) is 11.5 Å². The molecule has 56 heavy (non-hydrogen) atoms. The monoisotopic (exact) mass is 822 g/mol. The van der Waals surface area contributed by atoms with Gasteiger partial charge in [-0.3, -0.25) is 28.1 Å². The Kier molecular flexibility index (Phi) is 14.1. The number of nitrogens with one attached hydrogen (secondary N) is 1. The first kappa shape index (κ1) is 42.9. The lowest BCUT2D eigenvalue weighted by atomic mass is 10.1. The number of benzene rings is 2. The highest BCUT2D eigenvalue weighted by Gasteiger charge is 2.33. The Hall–Kier alpha value is -4.25. The summed E-state index contributed by atoms with van der Waals surface area (Å²) in [5.74, 6) is 2.37. The van der Waals surface area contributed by atoms with Crippen LogP contribution in [0.1, 0.15) is 23.3 Å². The van der Waals surface area contributed by atoms with Crippen molar-refractivity contribution in [1.29, 1.82) is 0 Å². The first-order valence-corrected chi connectivity index (χ1v) is 27.7. The SMILES string of the molecule is COc1cccc(Oc2cccc3c(CN(C)C(=O)C=Cc4cnc5c(c4)NCCC(=O)N5COP(=O)(OCC[Si](C)(C)C)OCC[Si](C)(C)C)c(C)oc23)c1. The maximum atomic E-state index is 13.8. The van der Waals surface area contributed by atoms with Crippen LogP contribution in [0.5, 0.6) is 17.2 Å². The second-order valence-electron chi connectivity index (χ2n) is 16.2. The average molecular weight is 823 g/mol. The number of para-hydroxylation sites is 1. The molecule has 16 heteroatoms. The van der Waals surface area contributed by atoms with Crippen LogP contribution < -0.4 is 19.7 Å². The van der Waals surface area contributed by atoms with Crippen molar-refractivity contribution in [2.24, 2.45) is 0 Å². The standard InChI is InChI=1S/C40H55N4O9PSi2/c1-29-34(33-14-11-15-36(39(33)52-29)53-32-13-10-12-31(25-32)48-3)27-43(2)37(45)17-16-30-24-35-40(42-26-30)44(38(46)18-19-41-35)28-51-54(47,49-20-22-55(4,5)6)50-21-23-56(7,8)9/h10-17,24-26,41H,18-23,27-28H2,1-9H3. The van der Waals surface area contributed by atoms with Gasteiger partial charge < -0.3 is 24.1 Å². The third-order valence-electron chi connectivity index (χ3n) is 9.09. The van der Waals surface area contributed by atoms with E-state index in [1.165, 1.54) is 11.0 Å². The second kappa shape index (κ2) is 18.3. The van der Waals surface area contributed by atoms with Gasteiger partial charge in [-0.15, -0.1) is 0 Å². The molecule has 4 aromatic rings. The second-order valence-corrected chi connectivity index (χ2v) is 29.1. The van der Waals surface area contributed by atoms with Crippen LogP contribution in [0.3, 0.4) is 0 Å². The van der Waals surface area contributed by atoms with Crippen LogP contribution in [-0.2, 0) is 34.3 Å².